The van der Waals surface area contributed by atoms with E-state index in [4.69, 9.17) is 9.84 Å². The van der Waals surface area contributed by atoms with Crippen molar-refractivity contribution in [1.29, 1.82) is 0 Å². The van der Waals surface area contributed by atoms with Crippen LogP contribution in [0.5, 0.6) is 0 Å². The lowest BCUT2D eigenvalue weighted by Crippen LogP contribution is -2.59. The number of aliphatic hydroxyl groups excluding tert-OH is 3. The van der Waals surface area contributed by atoms with Crippen LogP contribution in [0.2, 0.25) is 0 Å². The summed E-state index contributed by atoms with van der Waals surface area (Å²) in [6.45, 7) is -0.527. The van der Waals surface area contributed by atoms with Gasteiger partial charge in [-0.25, -0.2) is 0 Å². The lowest BCUT2D eigenvalue weighted by molar-refractivity contribution is -0.205. The monoisotopic (exact) mass is 192 g/mol. The highest BCUT2D eigenvalue weighted by molar-refractivity contribution is 4.98. The standard InChI is InChI=1S/C8H16O5/c1-13-6-5(10)2-3-8(12,4-9)7(6)11/h5-7,9-12H,2-4H2,1H3. The van der Waals surface area contributed by atoms with E-state index < -0.39 is 30.5 Å². The van der Waals surface area contributed by atoms with Crippen LogP contribution >= 0.6 is 0 Å². The van der Waals surface area contributed by atoms with Crippen LogP contribution in [0.1, 0.15) is 12.8 Å². The zero-order valence-corrected chi connectivity index (χ0v) is 7.55. The molecular weight excluding hydrogens is 176 g/mol. The Morgan fingerprint density at radius 1 is 1.46 bits per heavy atom. The smallest absolute Gasteiger partial charge is 0.116 e. The number of rotatable bonds is 2. The Morgan fingerprint density at radius 2 is 2.08 bits per heavy atom. The molecule has 13 heavy (non-hydrogen) atoms. The van der Waals surface area contributed by atoms with E-state index >= 15 is 0 Å². The second-order valence-corrected chi connectivity index (χ2v) is 3.51. The molecule has 0 aromatic carbocycles. The van der Waals surface area contributed by atoms with E-state index in [1.165, 1.54) is 7.11 Å². The minimum atomic E-state index is -1.54. The molecule has 5 nitrogen and oxygen atoms in total. The molecule has 0 aromatic heterocycles. The minimum absolute atomic E-state index is 0.172. The quantitative estimate of drug-likeness (QED) is 0.416. The number of methoxy groups -OCH3 is 1. The molecule has 0 bridgehead atoms. The number of hydrogen-bond acceptors (Lipinski definition) is 5. The van der Waals surface area contributed by atoms with E-state index in [2.05, 4.69) is 0 Å². The normalized spacial score (nSPS) is 46.4. The maximum atomic E-state index is 9.68. The van der Waals surface area contributed by atoms with E-state index in [0.717, 1.165) is 0 Å². The third-order valence-electron chi connectivity index (χ3n) is 2.66. The first kappa shape index (κ1) is 10.9. The van der Waals surface area contributed by atoms with Gasteiger partial charge in [0.05, 0.1) is 12.7 Å². The predicted molar refractivity (Wildman–Crippen MR) is 44.1 cm³/mol. The van der Waals surface area contributed by atoms with Crippen LogP contribution in [-0.2, 0) is 4.74 Å². The van der Waals surface area contributed by atoms with Crippen LogP contribution in [0, 0.1) is 0 Å². The largest absolute Gasteiger partial charge is 0.393 e. The lowest BCUT2D eigenvalue weighted by Gasteiger charge is -2.42. The van der Waals surface area contributed by atoms with Crippen molar-refractivity contribution in [2.75, 3.05) is 13.7 Å². The summed E-state index contributed by atoms with van der Waals surface area (Å²) in [5.74, 6) is 0. The summed E-state index contributed by atoms with van der Waals surface area (Å²) in [6.07, 6.45) is -2.37. The van der Waals surface area contributed by atoms with Gasteiger partial charge in [0.15, 0.2) is 0 Å². The van der Waals surface area contributed by atoms with Gasteiger partial charge in [-0.05, 0) is 12.8 Å². The van der Waals surface area contributed by atoms with Gasteiger partial charge in [0.1, 0.15) is 17.8 Å². The van der Waals surface area contributed by atoms with Crippen molar-refractivity contribution in [3.63, 3.8) is 0 Å². The van der Waals surface area contributed by atoms with Crippen LogP contribution in [0.3, 0.4) is 0 Å². The first-order valence-corrected chi connectivity index (χ1v) is 4.27. The highest BCUT2D eigenvalue weighted by Crippen LogP contribution is 2.30. The van der Waals surface area contributed by atoms with Gasteiger partial charge in [0.25, 0.3) is 0 Å². The first-order chi connectivity index (χ1) is 6.05. The SMILES string of the molecule is COC1C(O)CCC(O)(CO)C1O. The molecule has 0 heterocycles. The summed E-state index contributed by atoms with van der Waals surface area (Å²) >= 11 is 0. The average Bonchev–Trinajstić information content (AvgIpc) is 2.13. The van der Waals surface area contributed by atoms with Crippen LogP contribution in [0.25, 0.3) is 0 Å². The highest BCUT2D eigenvalue weighted by atomic mass is 16.5. The summed E-state index contributed by atoms with van der Waals surface area (Å²) in [5, 5.41) is 37.5. The zero-order valence-electron chi connectivity index (χ0n) is 7.55. The van der Waals surface area contributed by atoms with Crippen molar-refractivity contribution in [2.24, 2.45) is 0 Å². The summed E-state index contributed by atoms with van der Waals surface area (Å²) in [4.78, 5) is 0. The summed E-state index contributed by atoms with van der Waals surface area (Å²) in [6, 6.07) is 0. The average molecular weight is 192 g/mol. The van der Waals surface area contributed by atoms with Crippen LogP contribution in [-0.4, -0.2) is 58.1 Å². The Bertz CT molecular complexity index is 174. The van der Waals surface area contributed by atoms with Crippen molar-refractivity contribution in [3.8, 4) is 0 Å². The lowest BCUT2D eigenvalue weighted by atomic mass is 9.79. The number of ether oxygens (including phenoxy) is 1. The van der Waals surface area contributed by atoms with E-state index in [1.54, 1.807) is 0 Å². The van der Waals surface area contributed by atoms with E-state index in [1.807, 2.05) is 0 Å². The summed E-state index contributed by atoms with van der Waals surface area (Å²) in [7, 11) is 1.35. The molecule has 1 aliphatic rings. The molecule has 4 N–H and O–H groups in total. The molecular formula is C8H16O5. The number of aliphatic hydroxyl groups is 4. The van der Waals surface area contributed by atoms with Gasteiger partial charge in [-0.3, -0.25) is 0 Å². The van der Waals surface area contributed by atoms with Gasteiger partial charge in [0, 0.05) is 7.11 Å². The Morgan fingerprint density at radius 3 is 2.54 bits per heavy atom. The molecule has 4 atom stereocenters. The maximum absolute atomic E-state index is 9.68. The molecule has 0 aliphatic heterocycles. The van der Waals surface area contributed by atoms with Gasteiger partial charge in [-0.1, -0.05) is 0 Å². The van der Waals surface area contributed by atoms with Gasteiger partial charge in [-0.2, -0.15) is 0 Å². The third kappa shape index (κ3) is 1.84. The first-order valence-electron chi connectivity index (χ1n) is 4.27. The fraction of sp³-hybridized carbons (Fsp3) is 1.00. The highest BCUT2D eigenvalue weighted by Gasteiger charge is 2.47. The Kier molecular flexibility index (Phi) is 3.26. The molecule has 0 saturated heterocycles. The van der Waals surface area contributed by atoms with Crippen molar-refractivity contribution in [2.45, 2.75) is 36.8 Å². The van der Waals surface area contributed by atoms with Crippen molar-refractivity contribution >= 4 is 0 Å². The predicted octanol–water partition coefficient (Wildman–Crippen LogP) is -1.76. The Balaban J connectivity index is 2.74. The molecule has 1 fully saturated rings. The second kappa shape index (κ2) is 3.89. The molecule has 1 aliphatic carbocycles. The molecule has 1 rings (SSSR count). The van der Waals surface area contributed by atoms with Crippen LogP contribution in [0.4, 0.5) is 0 Å². The molecule has 1 saturated carbocycles. The van der Waals surface area contributed by atoms with Gasteiger partial charge in [0.2, 0.25) is 0 Å². The van der Waals surface area contributed by atoms with Gasteiger partial charge >= 0.3 is 0 Å². The Labute approximate surface area is 76.6 Å². The fourth-order valence-electron chi connectivity index (χ4n) is 1.68. The van der Waals surface area contributed by atoms with Crippen LogP contribution in [0.15, 0.2) is 0 Å². The van der Waals surface area contributed by atoms with Crippen molar-refractivity contribution in [1.82, 2.24) is 0 Å². The third-order valence-corrected chi connectivity index (χ3v) is 2.66. The minimum Gasteiger partial charge on any atom is -0.393 e. The molecule has 5 heteroatoms. The topological polar surface area (TPSA) is 90.2 Å². The molecule has 78 valence electrons. The van der Waals surface area contributed by atoms with Crippen molar-refractivity contribution < 1.29 is 25.2 Å². The molecule has 0 spiro atoms. The molecule has 0 radical (unpaired) electrons. The molecule has 4 unspecified atom stereocenters. The van der Waals surface area contributed by atoms with E-state index in [0.29, 0.717) is 6.42 Å². The van der Waals surface area contributed by atoms with Gasteiger partial charge in [-0.15, -0.1) is 0 Å². The van der Waals surface area contributed by atoms with E-state index in [-0.39, 0.29) is 6.42 Å². The Hall–Kier alpha value is -0.200. The zero-order chi connectivity index (χ0) is 10.1. The maximum Gasteiger partial charge on any atom is 0.116 e. The molecule has 0 amide bonds. The van der Waals surface area contributed by atoms with Crippen molar-refractivity contribution in [3.05, 3.63) is 0 Å². The number of hydrogen-bond donors (Lipinski definition) is 4. The fourth-order valence-corrected chi connectivity index (χ4v) is 1.68. The second-order valence-electron chi connectivity index (χ2n) is 3.51. The molecule has 0 aromatic rings. The summed E-state index contributed by atoms with van der Waals surface area (Å²) in [5.41, 5.74) is -1.54. The van der Waals surface area contributed by atoms with Gasteiger partial charge < -0.3 is 25.2 Å². The van der Waals surface area contributed by atoms with E-state index in [9.17, 15) is 15.3 Å². The van der Waals surface area contributed by atoms with Crippen LogP contribution < -0.4 is 0 Å². The summed E-state index contributed by atoms with van der Waals surface area (Å²) < 4.78 is 4.84.